The zero-order chi connectivity index (χ0) is 19.0. The molecule has 0 aliphatic carbocycles. The highest BCUT2D eigenvalue weighted by Gasteiger charge is 2.34. The molecule has 4 atom stereocenters. The van der Waals surface area contributed by atoms with Gasteiger partial charge in [0.15, 0.2) is 0 Å². The van der Waals surface area contributed by atoms with Crippen LogP contribution in [0.2, 0.25) is 0 Å². The van der Waals surface area contributed by atoms with Gasteiger partial charge in [-0.1, -0.05) is 0 Å². The minimum absolute atomic E-state index is 0.0191. The summed E-state index contributed by atoms with van der Waals surface area (Å²) >= 11 is 0. The zero-order valence-electron chi connectivity index (χ0n) is 15.6. The van der Waals surface area contributed by atoms with E-state index < -0.39 is 4.92 Å². The molecule has 3 heterocycles. The minimum Gasteiger partial charge on any atom is -0.378 e. The van der Waals surface area contributed by atoms with E-state index in [1.54, 1.807) is 0 Å². The lowest BCUT2D eigenvalue weighted by molar-refractivity contribution is -0.383. The van der Waals surface area contributed by atoms with Crippen LogP contribution in [0, 0.1) is 10.1 Å². The van der Waals surface area contributed by atoms with E-state index in [1.807, 2.05) is 37.5 Å². The molecule has 0 radical (unpaired) electrons. The van der Waals surface area contributed by atoms with E-state index in [2.05, 4.69) is 9.97 Å². The number of aromatic nitrogens is 2. The molecule has 4 unspecified atom stereocenters. The Labute approximate surface area is 152 Å². The highest BCUT2D eigenvalue weighted by Crippen LogP contribution is 2.34. The van der Waals surface area contributed by atoms with Crippen LogP contribution in [0.1, 0.15) is 27.7 Å². The molecule has 0 aromatic carbocycles. The van der Waals surface area contributed by atoms with E-state index >= 15 is 0 Å². The average Bonchev–Trinajstić information content (AvgIpc) is 2.51. The van der Waals surface area contributed by atoms with Gasteiger partial charge in [0.2, 0.25) is 17.6 Å². The van der Waals surface area contributed by atoms with E-state index in [9.17, 15) is 10.1 Å². The van der Waals surface area contributed by atoms with Gasteiger partial charge in [0.1, 0.15) is 0 Å². The van der Waals surface area contributed by atoms with Crippen LogP contribution < -0.4 is 15.5 Å². The largest absolute Gasteiger partial charge is 0.378 e. The first-order valence-corrected chi connectivity index (χ1v) is 8.87. The lowest BCUT2D eigenvalue weighted by Crippen LogP contribution is -2.47. The summed E-state index contributed by atoms with van der Waals surface area (Å²) in [5, 5.41) is 11.6. The van der Waals surface area contributed by atoms with E-state index in [4.69, 9.17) is 15.2 Å². The summed E-state index contributed by atoms with van der Waals surface area (Å²) in [6.45, 7) is 10.1. The van der Waals surface area contributed by atoms with Crippen LogP contribution >= 0.6 is 0 Å². The van der Waals surface area contributed by atoms with Crippen molar-refractivity contribution in [1.82, 2.24) is 9.97 Å². The van der Waals surface area contributed by atoms with Crippen molar-refractivity contribution in [2.24, 2.45) is 0 Å². The van der Waals surface area contributed by atoms with Crippen molar-refractivity contribution < 1.29 is 14.4 Å². The summed E-state index contributed by atoms with van der Waals surface area (Å²) in [7, 11) is 0. The molecule has 144 valence electrons. The molecule has 26 heavy (non-hydrogen) atoms. The number of hydrogen-bond acceptors (Lipinski definition) is 9. The maximum Gasteiger partial charge on any atom is 0.353 e. The van der Waals surface area contributed by atoms with Gasteiger partial charge in [-0.3, -0.25) is 10.1 Å². The number of rotatable bonds is 3. The Bertz CT molecular complexity index is 667. The Morgan fingerprint density at radius 1 is 0.962 bits per heavy atom. The van der Waals surface area contributed by atoms with Crippen molar-refractivity contribution in [2.45, 2.75) is 52.1 Å². The standard InChI is InChI=1S/C16H26N6O4/c1-9-5-20(6-10(2)25-9)15-13(22(23)24)14(17)18-16(19-15)21-7-11(3)26-12(4)8-21/h9-12H,5-8H2,1-4H3,(H2,17,18,19). The Kier molecular flexibility index (Phi) is 5.15. The second-order valence-corrected chi connectivity index (χ2v) is 7.16. The van der Waals surface area contributed by atoms with Crippen molar-refractivity contribution in [1.29, 1.82) is 0 Å². The minimum atomic E-state index is -0.510. The summed E-state index contributed by atoms with van der Waals surface area (Å²) in [5.74, 6) is 0.539. The molecule has 2 saturated heterocycles. The fraction of sp³-hybridized carbons (Fsp3) is 0.750. The van der Waals surface area contributed by atoms with E-state index in [1.165, 1.54) is 0 Å². The Morgan fingerprint density at radius 2 is 1.42 bits per heavy atom. The fourth-order valence-corrected chi connectivity index (χ4v) is 3.68. The molecule has 0 bridgehead atoms. The number of nitrogen functional groups attached to an aromatic ring is 1. The molecule has 2 aliphatic heterocycles. The zero-order valence-corrected chi connectivity index (χ0v) is 15.6. The molecule has 10 heteroatoms. The van der Waals surface area contributed by atoms with Gasteiger partial charge in [-0.25, -0.2) is 0 Å². The van der Waals surface area contributed by atoms with Crippen LogP contribution in [0.15, 0.2) is 0 Å². The quantitative estimate of drug-likeness (QED) is 0.621. The molecule has 2 fully saturated rings. The summed E-state index contributed by atoms with van der Waals surface area (Å²) in [5.41, 5.74) is 5.72. The highest BCUT2D eigenvalue weighted by molar-refractivity contribution is 5.71. The highest BCUT2D eigenvalue weighted by atomic mass is 16.6. The molecule has 2 aliphatic rings. The van der Waals surface area contributed by atoms with Crippen LogP contribution in [0.3, 0.4) is 0 Å². The molecule has 0 saturated carbocycles. The number of nitrogens with two attached hydrogens (primary N) is 1. The summed E-state index contributed by atoms with van der Waals surface area (Å²) in [6.07, 6.45) is -0.0702. The van der Waals surface area contributed by atoms with Crippen molar-refractivity contribution in [3.8, 4) is 0 Å². The first-order valence-electron chi connectivity index (χ1n) is 8.87. The van der Waals surface area contributed by atoms with Gasteiger partial charge in [-0.05, 0) is 27.7 Å². The Hall–Kier alpha value is -2.20. The number of nitro groups is 1. The first-order chi connectivity index (χ1) is 12.2. The number of morpholine rings is 2. The molecule has 0 amide bonds. The van der Waals surface area contributed by atoms with Crippen molar-refractivity contribution in [3.05, 3.63) is 10.1 Å². The van der Waals surface area contributed by atoms with Crippen LogP contribution in [-0.4, -0.2) is 65.5 Å². The van der Waals surface area contributed by atoms with Crippen LogP contribution in [-0.2, 0) is 9.47 Å². The number of ether oxygens (including phenoxy) is 2. The van der Waals surface area contributed by atoms with Gasteiger partial charge in [0.25, 0.3) is 0 Å². The van der Waals surface area contributed by atoms with Crippen molar-refractivity contribution >= 4 is 23.3 Å². The molecule has 10 nitrogen and oxygen atoms in total. The van der Waals surface area contributed by atoms with Crippen LogP contribution in [0.4, 0.5) is 23.3 Å². The predicted molar refractivity (Wildman–Crippen MR) is 97.5 cm³/mol. The number of nitrogens with zero attached hydrogens (tertiary/aromatic N) is 5. The monoisotopic (exact) mass is 366 g/mol. The third-order valence-electron chi connectivity index (χ3n) is 4.48. The second kappa shape index (κ2) is 7.20. The van der Waals surface area contributed by atoms with E-state index in [0.29, 0.717) is 32.1 Å². The number of hydrogen-bond donors (Lipinski definition) is 1. The smallest absolute Gasteiger partial charge is 0.353 e. The Morgan fingerprint density at radius 3 is 1.88 bits per heavy atom. The van der Waals surface area contributed by atoms with Crippen LogP contribution in [0.5, 0.6) is 0 Å². The molecule has 2 N–H and O–H groups in total. The lowest BCUT2D eigenvalue weighted by Gasteiger charge is -2.37. The normalized spacial score (nSPS) is 29.7. The third-order valence-corrected chi connectivity index (χ3v) is 4.48. The topological polar surface area (TPSA) is 120 Å². The molecule has 0 spiro atoms. The summed E-state index contributed by atoms with van der Waals surface area (Å²) in [6, 6.07) is 0. The predicted octanol–water partition coefficient (Wildman–Crippen LogP) is 1.19. The van der Waals surface area contributed by atoms with E-state index in [0.717, 1.165) is 0 Å². The van der Waals surface area contributed by atoms with Gasteiger partial charge >= 0.3 is 5.69 Å². The molecule has 1 aromatic heterocycles. The van der Waals surface area contributed by atoms with Gasteiger partial charge in [-0.15, -0.1) is 0 Å². The molecular weight excluding hydrogens is 340 g/mol. The summed E-state index contributed by atoms with van der Waals surface area (Å²) < 4.78 is 11.5. The third kappa shape index (κ3) is 3.80. The van der Waals surface area contributed by atoms with Gasteiger partial charge in [0.05, 0.1) is 29.3 Å². The Balaban J connectivity index is 2.01. The molecule has 3 rings (SSSR count). The van der Waals surface area contributed by atoms with Crippen molar-refractivity contribution in [2.75, 3.05) is 41.7 Å². The lowest BCUT2D eigenvalue weighted by atomic mass is 10.2. The second-order valence-electron chi connectivity index (χ2n) is 7.16. The van der Waals surface area contributed by atoms with Crippen LogP contribution in [0.25, 0.3) is 0 Å². The fourth-order valence-electron chi connectivity index (χ4n) is 3.68. The average molecular weight is 366 g/mol. The van der Waals surface area contributed by atoms with Gasteiger partial charge in [0, 0.05) is 26.2 Å². The SMILES string of the molecule is CC1CN(c2nc(N)c([N+](=O)[O-])c(N3CC(C)OC(C)C3)n2)CC(C)O1. The first kappa shape index (κ1) is 18.6. The maximum absolute atomic E-state index is 11.6. The number of anilines is 3. The van der Waals surface area contributed by atoms with Gasteiger partial charge < -0.3 is 25.0 Å². The van der Waals surface area contributed by atoms with E-state index in [-0.39, 0.29) is 41.7 Å². The molecular formula is C16H26N6O4. The van der Waals surface area contributed by atoms with Gasteiger partial charge in [-0.2, -0.15) is 9.97 Å². The summed E-state index contributed by atoms with van der Waals surface area (Å²) in [4.78, 5) is 23.7. The van der Waals surface area contributed by atoms with Crippen molar-refractivity contribution in [3.63, 3.8) is 0 Å². The maximum atomic E-state index is 11.6. The molecule has 1 aromatic rings.